The fourth-order valence-corrected chi connectivity index (χ4v) is 8.08. The van der Waals surface area contributed by atoms with Crippen LogP contribution >= 0.6 is 0 Å². The predicted octanol–water partition coefficient (Wildman–Crippen LogP) is 14.9. The second-order valence-electron chi connectivity index (χ2n) is 18.7. The molecule has 0 saturated carbocycles. The van der Waals surface area contributed by atoms with E-state index in [4.69, 9.17) is 11.3 Å². The van der Waals surface area contributed by atoms with E-state index >= 15 is 0 Å². The van der Waals surface area contributed by atoms with Gasteiger partial charge in [0, 0.05) is 39.9 Å². The van der Waals surface area contributed by atoms with E-state index in [2.05, 4.69) is 175 Å². The zero-order valence-electron chi connectivity index (χ0n) is 38.2. The topological polar surface area (TPSA) is 50.9 Å². The van der Waals surface area contributed by atoms with Gasteiger partial charge in [0.05, 0.1) is 22.3 Å². The van der Waals surface area contributed by atoms with Gasteiger partial charge >= 0.3 is 0 Å². The number of aromatic nitrogens is 3. The van der Waals surface area contributed by atoms with E-state index in [0.29, 0.717) is 11.4 Å². The van der Waals surface area contributed by atoms with Gasteiger partial charge in [0.1, 0.15) is 11.6 Å². The molecular formula is C56H56N3OPt-. The summed E-state index contributed by atoms with van der Waals surface area (Å²) >= 11 is 0. The fourth-order valence-electron chi connectivity index (χ4n) is 8.08. The van der Waals surface area contributed by atoms with E-state index < -0.39 is 5.89 Å². The number of rotatable bonds is 7. The van der Waals surface area contributed by atoms with Crippen molar-refractivity contribution in [3.05, 3.63) is 167 Å². The third-order valence-electron chi connectivity index (χ3n) is 11.7. The smallest absolute Gasteiger partial charge is 0.148 e. The van der Waals surface area contributed by atoms with Gasteiger partial charge in [0.2, 0.25) is 0 Å². The number of nitrogens with zero attached hydrogens (tertiary/aromatic N) is 3. The molecule has 312 valence electrons. The minimum Gasteiger partial charge on any atom is -0.507 e. The molecule has 1 N–H and O–H groups in total. The van der Waals surface area contributed by atoms with Crippen LogP contribution in [0.4, 0.5) is 0 Å². The van der Waals surface area contributed by atoms with Crippen LogP contribution in [0.1, 0.15) is 96.0 Å². The number of benzene rings is 6. The second kappa shape index (κ2) is 16.7. The Morgan fingerprint density at radius 2 is 1.31 bits per heavy atom. The Bertz CT molecular complexity index is 2940. The maximum Gasteiger partial charge on any atom is 0.148 e. The van der Waals surface area contributed by atoms with Gasteiger partial charge in [-0.25, -0.2) is 4.98 Å². The molecule has 0 radical (unpaired) electrons. The number of aromatic hydroxyl groups is 1. The molecule has 0 amide bonds. The molecule has 0 unspecified atom stereocenters. The molecule has 0 aliphatic rings. The second-order valence-corrected chi connectivity index (χ2v) is 18.7. The molecule has 0 atom stereocenters. The zero-order valence-corrected chi connectivity index (χ0v) is 39.5. The van der Waals surface area contributed by atoms with Crippen LogP contribution in [0.15, 0.2) is 128 Å². The van der Waals surface area contributed by atoms with Crippen LogP contribution in [-0.4, -0.2) is 19.6 Å². The maximum atomic E-state index is 11.8. The molecule has 4 nitrogen and oxygen atoms in total. The Morgan fingerprint density at radius 3 is 1.98 bits per heavy atom. The normalized spacial score (nSPS) is 12.3. The number of phenolic OH excluding ortho intramolecular Hbond substituents is 1. The van der Waals surface area contributed by atoms with Crippen molar-refractivity contribution in [2.24, 2.45) is 0 Å². The van der Waals surface area contributed by atoms with Crippen LogP contribution in [0.3, 0.4) is 0 Å². The van der Waals surface area contributed by atoms with Gasteiger partial charge in [-0.15, -0.1) is 29.3 Å². The maximum absolute atomic E-state index is 11.8. The average molecular weight is 983 g/mol. The zero-order chi connectivity index (χ0) is 43.6. The average Bonchev–Trinajstić information content (AvgIpc) is 3.60. The van der Waals surface area contributed by atoms with Crippen LogP contribution in [0.25, 0.3) is 72.7 Å². The summed E-state index contributed by atoms with van der Waals surface area (Å²) in [6, 6.07) is 46.5. The first-order valence-corrected chi connectivity index (χ1v) is 21.0. The van der Waals surface area contributed by atoms with Crippen molar-refractivity contribution >= 4 is 11.0 Å². The minimum absolute atomic E-state index is 0. The van der Waals surface area contributed by atoms with E-state index in [-0.39, 0.29) is 37.6 Å². The van der Waals surface area contributed by atoms with E-state index in [9.17, 15) is 5.11 Å². The van der Waals surface area contributed by atoms with Gasteiger partial charge in [-0.1, -0.05) is 151 Å². The van der Waals surface area contributed by atoms with Gasteiger partial charge < -0.3 is 5.11 Å². The van der Waals surface area contributed by atoms with E-state index in [1.165, 1.54) is 11.1 Å². The Kier molecular flexibility index (Phi) is 11.5. The molecule has 8 rings (SSSR count). The van der Waals surface area contributed by atoms with Crippen LogP contribution in [0, 0.1) is 26.8 Å². The largest absolute Gasteiger partial charge is 0.507 e. The summed E-state index contributed by atoms with van der Waals surface area (Å²) in [7, 11) is 0. The van der Waals surface area contributed by atoms with Gasteiger partial charge in [-0.05, 0) is 107 Å². The number of phenols is 1. The van der Waals surface area contributed by atoms with E-state index in [1.54, 1.807) is 0 Å². The third kappa shape index (κ3) is 8.66. The van der Waals surface area contributed by atoms with Crippen molar-refractivity contribution in [1.29, 1.82) is 0 Å². The molecule has 0 fully saturated rings. The molecule has 0 bridgehead atoms. The number of aryl methyl sites for hydroxylation is 3. The van der Waals surface area contributed by atoms with Crippen molar-refractivity contribution in [3.8, 4) is 67.5 Å². The van der Waals surface area contributed by atoms with Gasteiger partial charge in [-0.3, -0.25) is 9.55 Å². The van der Waals surface area contributed by atoms with Crippen molar-refractivity contribution in [3.63, 3.8) is 0 Å². The monoisotopic (exact) mass is 982 g/mol. The molecule has 2 heterocycles. The van der Waals surface area contributed by atoms with Crippen LogP contribution in [-0.2, 0) is 31.9 Å². The predicted molar refractivity (Wildman–Crippen MR) is 252 cm³/mol. The Hall–Kier alpha value is -5.57. The van der Waals surface area contributed by atoms with Crippen LogP contribution in [0.5, 0.6) is 5.75 Å². The van der Waals surface area contributed by atoms with Crippen molar-refractivity contribution in [2.45, 2.75) is 92.9 Å². The number of imidazole rings is 1. The Morgan fingerprint density at radius 1 is 0.639 bits per heavy atom. The van der Waals surface area contributed by atoms with Gasteiger partial charge in [0.15, 0.2) is 0 Å². The summed E-state index contributed by atoms with van der Waals surface area (Å²) in [5.74, 6) is 0.0150. The number of para-hydroxylation sites is 1. The summed E-state index contributed by atoms with van der Waals surface area (Å²) in [6.45, 7) is 23.3. The molecule has 0 aliphatic carbocycles. The van der Waals surface area contributed by atoms with Gasteiger partial charge in [-0.2, -0.15) is 0 Å². The number of hydrogen-bond donors (Lipinski definition) is 1. The van der Waals surface area contributed by atoms with Crippen molar-refractivity contribution in [1.82, 2.24) is 14.5 Å². The number of hydrogen-bond acceptors (Lipinski definition) is 3. The summed E-state index contributed by atoms with van der Waals surface area (Å²) < 4.78 is 11.2. The first kappa shape index (κ1) is 42.1. The number of fused-ring (bicyclic) bond motifs is 1. The first-order chi connectivity index (χ1) is 28.8. The molecular weight excluding hydrogens is 926 g/mol. The molecule has 5 heteroatoms. The fraction of sp³-hybridized carbons (Fsp3) is 0.250. The Labute approximate surface area is 378 Å². The molecule has 0 aliphatic heterocycles. The van der Waals surface area contributed by atoms with Crippen molar-refractivity contribution < 1.29 is 27.5 Å². The first-order valence-electron chi connectivity index (χ1n) is 21.5. The standard InChI is InChI=1S/C56H56N3O.Pt/c1-34(2)40-21-24-50(47(32-40)39-19-22-44(23-20-39)55(6,7)8)59-51-14-12-13-46(52(51)58-54(59)48-28-36(4)27-37(5)53(48)60)42-29-43(31-45(30-42)56(9,10)11)49-33-41(25-26-57-49)38-17-15-35(3)16-18-38;/h12-28,30-34,60H,1-11H3;/q-1;/i34D;. The molecule has 2 aromatic heterocycles. The Balaban J connectivity index is 0.00000578. The number of pyridine rings is 1. The third-order valence-corrected chi connectivity index (χ3v) is 11.7. The van der Waals surface area contributed by atoms with Crippen molar-refractivity contribution in [2.75, 3.05) is 0 Å². The van der Waals surface area contributed by atoms with Gasteiger partial charge in [0.25, 0.3) is 0 Å². The molecule has 6 aromatic carbocycles. The molecule has 8 aromatic rings. The molecule has 0 spiro atoms. The van der Waals surface area contributed by atoms with Crippen LogP contribution in [0.2, 0.25) is 0 Å². The summed E-state index contributed by atoms with van der Waals surface area (Å²) in [5, 5.41) is 11.8. The van der Waals surface area contributed by atoms with Crippen LogP contribution < -0.4 is 0 Å². The molecule has 0 saturated heterocycles. The van der Waals surface area contributed by atoms with E-state index in [0.717, 1.165) is 83.6 Å². The van der Waals surface area contributed by atoms with E-state index in [1.807, 2.05) is 39.1 Å². The quantitative estimate of drug-likeness (QED) is 0.162. The SMILES string of the molecule is [2H]C(C)(C)c1ccc(-n2c(-c3cc(C)cc(C)c3O)nc3c(-c4[c-]c(-c5cc(-c6ccc(C)cc6)ccn5)cc(C(C)(C)C)c4)cccc32)c(-c2ccc(C(C)(C)C)cc2)c1.[Pt]. The summed E-state index contributed by atoms with van der Waals surface area (Å²) in [5.41, 5.74) is 17.3. The minimum atomic E-state index is -0.822. The summed E-state index contributed by atoms with van der Waals surface area (Å²) in [4.78, 5) is 10.4. The summed E-state index contributed by atoms with van der Waals surface area (Å²) in [6.07, 6.45) is 1.88. The molecule has 61 heavy (non-hydrogen) atoms.